The maximum absolute atomic E-state index is 12.5. The van der Waals surface area contributed by atoms with Crippen molar-refractivity contribution in [1.82, 2.24) is 4.31 Å². The van der Waals surface area contributed by atoms with Crippen LogP contribution >= 0.6 is 15.9 Å². The van der Waals surface area contributed by atoms with E-state index in [9.17, 15) is 13.5 Å². The number of benzene rings is 1. The molecule has 7 heteroatoms. The third-order valence-corrected chi connectivity index (χ3v) is 6.11. The molecule has 0 aromatic heterocycles. The summed E-state index contributed by atoms with van der Waals surface area (Å²) in [4.78, 5) is 0.233. The molecular weight excluding hydrogens is 346 g/mol. The van der Waals surface area contributed by atoms with Crippen molar-refractivity contribution in [3.05, 3.63) is 22.7 Å². The zero-order valence-corrected chi connectivity index (χ0v) is 13.8. The molecule has 1 aliphatic rings. The Morgan fingerprint density at radius 3 is 2.70 bits per heavy atom. The molecule has 1 saturated heterocycles. The Bertz CT molecular complexity index is 588. The van der Waals surface area contributed by atoms with Crippen molar-refractivity contribution in [1.29, 1.82) is 0 Å². The second-order valence-electron chi connectivity index (χ2n) is 4.95. The fraction of sp³-hybridized carbons (Fsp3) is 0.538. The SMILES string of the molecule is COc1ccc(S(=O)(=O)N2CCC(C(C)O)C2)cc1Br. The number of ether oxygens (including phenoxy) is 1. The van der Waals surface area contributed by atoms with Crippen molar-refractivity contribution in [2.75, 3.05) is 20.2 Å². The van der Waals surface area contributed by atoms with Gasteiger partial charge in [0.1, 0.15) is 5.75 Å². The Balaban J connectivity index is 2.25. The molecule has 0 aliphatic carbocycles. The van der Waals surface area contributed by atoms with Gasteiger partial charge in [-0.05, 0) is 53.4 Å². The van der Waals surface area contributed by atoms with Gasteiger partial charge in [-0.2, -0.15) is 4.31 Å². The molecule has 1 heterocycles. The highest BCUT2D eigenvalue weighted by atomic mass is 79.9. The molecule has 2 unspecified atom stereocenters. The first-order chi connectivity index (χ1) is 9.36. The molecule has 1 aliphatic heterocycles. The van der Waals surface area contributed by atoms with Crippen LogP contribution in [0.1, 0.15) is 13.3 Å². The van der Waals surface area contributed by atoms with E-state index in [-0.39, 0.29) is 10.8 Å². The Morgan fingerprint density at radius 2 is 2.20 bits per heavy atom. The molecule has 0 saturated carbocycles. The number of halogens is 1. The quantitative estimate of drug-likeness (QED) is 0.886. The lowest BCUT2D eigenvalue weighted by molar-refractivity contribution is 0.133. The maximum atomic E-state index is 12.5. The van der Waals surface area contributed by atoms with Gasteiger partial charge in [-0.3, -0.25) is 0 Å². The molecule has 112 valence electrons. The van der Waals surface area contributed by atoms with Crippen LogP contribution in [0.5, 0.6) is 5.75 Å². The van der Waals surface area contributed by atoms with E-state index < -0.39 is 16.1 Å². The molecule has 1 aromatic rings. The zero-order chi connectivity index (χ0) is 14.9. The Kier molecular flexibility index (Phi) is 4.73. The van der Waals surface area contributed by atoms with Gasteiger partial charge in [0.05, 0.1) is 22.6 Å². The van der Waals surface area contributed by atoms with Crippen molar-refractivity contribution < 1.29 is 18.3 Å². The molecule has 20 heavy (non-hydrogen) atoms. The molecule has 2 atom stereocenters. The summed E-state index contributed by atoms with van der Waals surface area (Å²) >= 11 is 3.30. The third-order valence-electron chi connectivity index (χ3n) is 3.63. The summed E-state index contributed by atoms with van der Waals surface area (Å²) in [7, 11) is -1.99. The number of hydrogen-bond donors (Lipinski definition) is 1. The molecule has 0 amide bonds. The van der Waals surface area contributed by atoms with E-state index in [1.165, 1.54) is 17.5 Å². The fourth-order valence-electron chi connectivity index (χ4n) is 2.32. The first-order valence-electron chi connectivity index (χ1n) is 6.38. The average molecular weight is 364 g/mol. The third kappa shape index (κ3) is 3.00. The van der Waals surface area contributed by atoms with Gasteiger partial charge in [-0.1, -0.05) is 0 Å². The van der Waals surface area contributed by atoms with Crippen molar-refractivity contribution in [2.45, 2.75) is 24.3 Å². The molecule has 0 bridgehead atoms. The summed E-state index contributed by atoms with van der Waals surface area (Å²) < 4.78 is 32.2. The number of nitrogens with zero attached hydrogens (tertiary/aromatic N) is 1. The number of aliphatic hydroxyl groups is 1. The van der Waals surface area contributed by atoms with Crippen LogP contribution in [0.3, 0.4) is 0 Å². The summed E-state index contributed by atoms with van der Waals surface area (Å²) in [6, 6.07) is 4.71. The Morgan fingerprint density at radius 1 is 1.50 bits per heavy atom. The predicted octanol–water partition coefficient (Wildman–Crippen LogP) is 1.85. The van der Waals surface area contributed by atoms with Gasteiger partial charge in [-0.25, -0.2) is 8.42 Å². The van der Waals surface area contributed by atoms with Crippen LogP contribution in [0.15, 0.2) is 27.6 Å². The van der Waals surface area contributed by atoms with Gasteiger partial charge < -0.3 is 9.84 Å². The Hall–Kier alpha value is -0.630. The molecular formula is C13H18BrNO4S. The molecule has 2 rings (SSSR count). The topological polar surface area (TPSA) is 66.8 Å². The zero-order valence-electron chi connectivity index (χ0n) is 11.4. The van der Waals surface area contributed by atoms with Crippen LogP contribution in [-0.4, -0.2) is 44.1 Å². The maximum Gasteiger partial charge on any atom is 0.243 e. The minimum Gasteiger partial charge on any atom is -0.496 e. The van der Waals surface area contributed by atoms with Gasteiger partial charge in [0.15, 0.2) is 0 Å². The second-order valence-corrected chi connectivity index (χ2v) is 7.74. The van der Waals surface area contributed by atoms with E-state index in [1.807, 2.05) is 0 Å². The summed E-state index contributed by atoms with van der Waals surface area (Å²) in [5, 5.41) is 9.57. The summed E-state index contributed by atoms with van der Waals surface area (Å²) in [5.41, 5.74) is 0. The monoisotopic (exact) mass is 363 g/mol. The van der Waals surface area contributed by atoms with Crippen LogP contribution in [0, 0.1) is 5.92 Å². The summed E-state index contributed by atoms with van der Waals surface area (Å²) in [5.74, 6) is 0.596. The van der Waals surface area contributed by atoms with Gasteiger partial charge in [0.25, 0.3) is 0 Å². The van der Waals surface area contributed by atoms with Crippen molar-refractivity contribution in [3.63, 3.8) is 0 Å². The average Bonchev–Trinajstić information content (AvgIpc) is 2.89. The highest BCUT2D eigenvalue weighted by molar-refractivity contribution is 9.10. The molecule has 0 radical (unpaired) electrons. The van der Waals surface area contributed by atoms with E-state index >= 15 is 0 Å². The van der Waals surface area contributed by atoms with Crippen LogP contribution in [0.25, 0.3) is 0 Å². The van der Waals surface area contributed by atoms with E-state index in [0.29, 0.717) is 29.7 Å². The smallest absolute Gasteiger partial charge is 0.243 e. The van der Waals surface area contributed by atoms with Gasteiger partial charge in [0, 0.05) is 13.1 Å². The van der Waals surface area contributed by atoms with Crippen LogP contribution < -0.4 is 4.74 Å². The molecule has 1 N–H and O–H groups in total. The molecule has 5 nitrogen and oxygen atoms in total. The lowest BCUT2D eigenvalue weighted by atomic mass is 10.0. The number of hydrogen-bond acceptors (Lipinski definition) is 4. The first kappa shape index (κ1) is 15.8. The van der Waals surface area contributed by atoms with Crippen LogP contribution in [0.2, 0.25) is 0 Å². The van der Waals surface area contributed by atoms with Crippen molar-refractivity contribution in [3.8, 4) is 5.75 Å². The summed E-state index contributed by atoms with van der Waals surface area (Å²) in [6.45, 7) is 2.51. The number of rotatable bonds is 4. The number of methoxy groups -OCH3 is 1. The fourth-order valence-corrected chi connectivity index (χ4v) is 4.55. The van der Waals surface area contributed by atoms with E-state index in [2.05, 4.69) is 15.9 Å². The minimum atomic E-state index is -3.52. The van der Waals surface area contributed by atoms with Gasteiger partial charge >= 0.3 is 0 Å². The van der Waals surface area contributed by atoms with Gasteiger partial charge in [0.2, 0.25) is 10.0 Å². The minimum absolute atomic E-state index is 0.00599. The lowest BCUT2D eigenvalue weighted by Gasteiger charge is -2.18. The van der Waals surface area contributed by atoms with Crippen molar-refractivity contribution >= 4 is 26.0 Å². The predicted molar refractivity (Wildman–Crippen MR) is 79.2 cm³/mol. The van der Waals surface area contributed by atoms with E-state index in [4.69, 9.17) is 4.74 Å². The number of sulfonamides is 1. The van der Waals surface area contributed by atoms with Crippen LogP contribution in [0.4, 0.5) is 0 Å². The summed E-state index contributed by atoms with van der Waals surface area (Å²) in [6.07, 6.45) is 0.201. The highest BCUT2D eigenvalue weighted by Crippen LogP contribution is 2.31. The first-order valence-corrected chi connectivity index (χ1v) is 8.61. The largest absolute Gasteiger partial charge is 0.496 e. The van der Waals surface area contributed by atoms with Gasteiger partial charge in [-0.15, -0.1) is 0 Å². The second kappa shape index (κ2) is 6.01. The highest BCUT2D eigenvalue weighted by Gasteiger charge is 2.34. The van der Waals surface area contributed by atoms with Crippen molar-refractivity contribution in [2.24, 2.45) is 5.92 Å². The van der Waals surface area contributed by atoms with E-state index in [1.54, 1.807) is 19.1 Å². The lowest BCUT2D eigenvalue weighted by Crippen LogP contribution is -2.30. The number of aliphatic hydroxyl groups excluding tert-OH is 1. The van der Waals surface area contributed by atoms with E-state index in [0.717, 1.165) is 0 Å². The molecule has 0 spiro atoms. The molecule has 1 fully saturated rings. The molecule has 1 aromatic carbocycles. The standard InChI is InChI=1S/C13H18BrNO4S/c1-9(16)10-5-6-15(8-10)20(17,18)11-3-4-13(19-2)12(14)7-11/h3-4,7,9-10,16H,5-6,8H2,1-2H3. The van der Waals surface area contributed by atoms with Crippen LogP contribution in [-0.2, 0) is 10.0 Å². The normalized spacial score (nSPS) is 21.9. The Labute approximate surface area is 127 Å².